The van der Waals surface area contributed by atoms with Gasteiger partial charge < -0.3 is 10.5 Å². The van der Waals surface area contributed by atoms with Gasteiger partial charge in [-0.25, -0.2) is 4.39 Å². The van der Waals surface area contributed by atoms with Crippen LogP contribution in [0.15, 0.2) is 41.8 Å². The SMILES string of the molecule is CC(N)C(OCCc1cccs1)c1ccccc1F. The average Bonchev–Trinajstić information content (AvgIpc) is 2.89. The predicted molar refractivity (Wildman–Crippen MR) is 76.8 cm³/mol. The molecule has 0 aliphatic rings. The lowest BCUT2D eigenvalue weighted by Gasteiger charge is -2.22. The van der Waals surface area contributed by atoms with Crippen LogP contribution in [0.4, 0.5) is 4.39 Å². The van der Waals surface area contributed by atoms with Gasteiger partial charge in [0.25, 0.3) is 0 Å². The predicted octanol–water partition coefficient (Wildman–Crippen LogP) is 3.53. The van der Waals surface area contributed by atoms with E-state index >= 15 is 0 Å². The van der Waals surface area contributed by atoms with Crippen LogP contribution in [0.1, 0.15) is 23.5 Å². The van der Waals surface area contributed by atoms with Crippen LogP contribution in [0.25, 0.3) is 0 Å². The minimum absolute atomic E-state index is 0.250. The van der Waals surface area contributed by atoms with Gasteiger partial charge in [-0.1, -0.05) is 24.3 Å². The summed E-state index contributed by atoms with van der Waals surface area (Å²) in [5.74, 6) is -0.263. The van der Waals surface area contributed by atoms with Gasteiger partial charge in [-0.05, 0) is 24.4 Å². The van der Waals surface area contributed by atoms with E-state index in [4.69, 9.17) is 10.5 Å². The normalized spacial score (nSPS) is 14.3. The highest BCUT2D eigenvalue weighted by molar-refractivity contribution is 7.09. The maximum atomic E-state index is 13.8. The number of benzene rings is 1. The second kappa shape index (κ2) is 6.80. The molecule has 0 saturated carbocycles. The molecule has 2 aromatic rings. The first kappa shape index (κ1) is 14.2. The Morgan fingerprint density at radius 3 is 2.68 bits per heavy atom. The Labute approximate surface area is 117 Å². The molecule has 0 radical (unpaired) electrons. The smallest absolute Gasteiger partial charge is 0.129 e. The monoisotopic (exact) mass is 279 g/mol. The van der Waals surface area contributed by atoms with Gasteiger partial charge in [-0.3, -0.25) is 0 Å². The van der Waals surface area contributed by atoms with Gasteiger partial charge in [0.15, 0.2) is 0 Å². The van der Waals surface area contributed by atoms with Crippen molar-refractivity contribution in [2.75, 3.05) is 6.61 Å². The Bertz CT molecular complexity index is 499. The fourth-order valence-electron chi connectivity index (χ4n) is 1.97. The first-order valence-electron chi connectivity index (χ1n) is 6.32. The van der Waals surface area contributed by atoms with E-state index in [9.17, 15) is 4.39 Å². The van der Waals surface area contributed by atoms with E-state index < -0.39 is 6.10 Å². The Morgan fingerprint density at radius 2 is 2.05 bits per heavy atom. The number of hydrogen-bond donors (Lipinski definition) is 1. The van der Waals surface area contributed by atoms with Gasteiger partial charge in [0.05, 0.1) is 6.61 Å². The second-order valence-corrected chi connectivity index (χ2v) is 5.53. The van der Waals surface area contributed by atoms with Gasteiger partial charge in [0.1, 0.15) is 11.9 Å². The van der Waals surface area contributed by atoms with Gasteiger partial charge in [0.2, 0.25) is 0 Å². The van der Waals surface area contributed by atoms with E-state index in [0.29, 0.717) is 12.2 Å². The van der Waals surface area contributed by atoms with Crippen LogP contribution in [0.2, 0.25) is 0 Å². The molecule has 102 valence electrons. The van der Waals surface area contributed by atoms with Crippen LogP contribution in [0.3, 0.4) is 0 Å². The molecule has 0 fully saturated rings. The molecule has 0 aliphatic heterocycles. The van der Waals surface area contributed by atoms with Crippen molar-refractivity contribution in [1.82, 2.24) is 0 Å². The van der Waals surface area contributed by atoms with Gasteiger partial charge >= 0.3 is 0 Å². The lowest BCUT2D eigenvalue weighted by molar-refractivity contribution is 0.0382. The Kier molecular flexibility index (Phi) is 5.07. The summed E-state index contributed by atoms with van der Waals surface area (Å²) in [5.41, 5.74) is 6.44. The molecule has 2 atom stereocenters. The van der Waals surface area contributed by atoms with Crippen LogP contribution in [0, 0.1) is 5.82 Å². The van der Waals surface area contributed by atoms with Crippen LogP contribution in [-0.2, 0) is 11.2 Å². The number of hydrogen-bond acceptors (Lipinski definition) is 3. The largest absolute Gasteiger partial charge is 0.371 e. The third kappa shape index (κ3) is 3.86. The quantitative estimate of drug-likeness (QED) is 0.878. The molecule has 0 aliphatic carbocycles. The summed E-state index contributed by atoms with van der Waals surface area (Å²) in [6.07, 6.45) is 0.427. The Balaban J connectivity index is 1.99. The first-order chi connectivity index (χ1) is 9.18. The van der Waals surface area contributed by atoms with E-state index in [1.54, 1.807) is 29.5 Å². The van der Waals surface area contributed by atoms with E-state index in [1.807, 2.05) is 18.4 Å². The molecule has 4 heteroatoms. The van der Waals surface area contributed by atoms with Crippen molar-refractivity contribution in [1.29, 1.82) is 0 Å². The minimum atomic E-state index is -0.402. The zero-order chi connectivity index (χ0) is 13.7. The van der Waals surface area contributed by atoms with Gasteiger partial charge in [-0.15, -0.1) is 11.3 Å². The summed E-state index contributed by atoms with van der Waals surface area (Å²) < 4.78 is 19.6. The fourth-order valence-corrected chi connectivity index (χ4v) is 2.66. The summed E-state index contributed by atoms with van der Waals surface area (Å²) in [6, 6.07) is 10.5. The van der Waals surface area contributed by atoms with Crippen molar-refractivity contribution in [2.24, 2.45) is 5.73 Å². The van der Waals surface area contributed by atoms with Crippen LogP contribution >= 0.6 is 11.3 Å². The van der Waals surface area contributed by atoms with Crippen molar-refractivity contribution in [3.63, 3.8) is 0 Å². The molecule has 2 rings (SSSR count). The van der Waals surface area contributed by atoms with Crippen molar-refractivity contribution in [3.8, 4) is 0 Å². The molecule has 19 heavy (non-hydrogen) atoms. The average molecular weight is 279 g/mol. The standard InChI is InChI=1S/C15H18FNOS/c1-11(17)15(13-6-2-3-7-14(13)16)18-9-8-12-5-4-10-19-12/h2-7,10-11,15H,8-9,17H2,1H3. The van der Waals surface area contributed by atoms with Crippen LogP contribution in [-0.4, -0.2) is 12.6 Å². The molecule has 2 N–H and O–H groups in total. The Hall–Kier alpha value is -1.23. The number of ether oxygens (including phenoxy) is 1. The molecule has 0 saturated heterocycles. The number of halogens is 1. The van der Waals surface area contributed by atoms with E-state index in [2.05, 4.69) is 6.07 Å². The highest BCUT2D eigenvalue weighted by atomic mass is 32.1. The third-order valence-electron chi connectivity index (χ3n) is 2.92. The minimum Gasteiger partial charge on any atom is -0.371 e. The van der Waals surface area contributed by atoms with E-state index in [1.165, 1.54) is 10.9 Å². The molecule has 2 unspecified atom stereocenters. The molecule has 0 amide bonds. The molecular formula is C15H18FNOS. The summed E-state index contributed by atoms with van der Waals surface area (Å²) in [4.78, 5) is 1.26. The van der Waals surface area contributed by atoms with E-state index in [0.717, 1.165) is 6.42 Å². The Morgan fingerprint density at radius 1 is 1.26 bits per heavy atom. The highest BCUT2D eigenvalue weighted by Gasteiger charge is 2.20. The molecule has 1 heterocycles. The van der Waals surface area contributed by atoms with Crippen LogP contribution < -0.4 is 5.73 Å². The summed E-state index contributed by atoms with van der Waals surface area (Å²) in [7, 11) is 0. The van der Waals surface area contributed by atoms with Crippen molar-refractivity contribution in [3.05, 3.63) is 58.0 Å². The molecule has 2 nitrogen and oxygen atoms in total. The maximum Gasteiger partial charge on any atom is 0.129 e. The number of nitrogens with two attached hydrogens (primary N) is 1. The second-order valence-electron chi connectivity index (χ2n) is 4.50. The molecular weight excluding hydrogens is 261 g/mol. The number of rotatable bonds is 6. The molecule has 1 aromatic carbocycles. The topological polar surface area (TPSA) is 35.2 Å². The highest BCUT2D eigenvalue weighted by Crippen LogP contribution is 2.23. The maximum absolute atomic E-state index is 13.8. The van der Waals surface area contributed by atoms with Crippen molar-refractivity contribution < 1.29 is 9.13 Å². The summed E-state index contributed by atoms with van der Waals surface area (Å²) >= 11 is 1.70. The van der Waals surface area contributed by atoms with Gasteiger partial charge in [0, 0.05) is 22.9 Å². The molecule has 1 aromatic heterocycles. The van der Waals surface area contributed by atoms with Crippen molar-refractivity contribution >= 4 is 11.3 Å². The van der Waals surface area contributed by atoms with E-state index in [-0.39, 0.29) is 11.9 Å². The zero-order valence-corrected chi connectivity index (χ0v) is 11.7. The summed E-state index contributed by atoms with van der Waals surface area (Å²) in [5, 5.41) is 2.04. The lowest BCUT2D eigenvalue weighted by Crippen LogP contribution is -2.28. The number of thiophene rings is 1. The van der Waals surface area contributed by atoms with Gasteiger partial charge in [-0.2, -0.15) is 0 Å². The van der Waals surface area contributed by atoms with Crippen LogP contribution in [0.5, 0.6) is 0 Å². The molecule has 0 spiro atoms. The molecule has 0 bridgehead atoms. The lowest BCUT2D eigenvalue weighted by atomic mass is 10.0. The summed E-state index contributed by atoms with van der Waals surface area (Å²) in [6.45, 7) is 2.38. The fraction of sp³-hybridized carbons (Fsp3) is 0.333. The van der Waals surface area contributed by atoms with Crippen molar-refractivity contribution in [2.45, 2.75) is 25.5 Å². The third-order valence-corrected chi connectivity index (χ3v) is 3.85. The zero-order valence-electron chi connectivity index (χ0n) is 10.9. The first-order valence-corrected chi connectivity index (χ1v) is 7.20.